The molecule has 0 bridgehead atoms. The van der Waals surface area contributed by atoms with Crippen LogP contribution in [0.4, 0.5) is 0 Å². The van der Waals surface area contributed by atoms with Crippen LogP contribution in [0.15, 0.2) is 17.5 Å². The molecule has 110 valence electrons. The molecule has 0 aromatic carbocycles. The molecule has 1 aliphatic heterocycles. The molecule has 0 radical (unpaired) electrons. The Morgan fingerprint density at radius 3 is 2.85 bits per heavy atom. The van der Waals surface area contributed by atoms with Crippen LogP contribution in [0.3, 0.4) is 0 Å². The minimum absolute atomic E-state index is 0.000793. The van der Waals surface area contributed by atoms with Gasteiger partial charge in [0.25, 0.3) is 5.91 Å². The van der Waals surface area contributed by atoms with Gasteiger partial charge in [-0.15, -0.1) is 11.3 Å². The summed E-state index contributed by atoms with van der Waals surface area (Å²) < 4.78 is 0. The van der Waals surface area contributed by atoms with Gasteiger partial charge in [0.15, 0.2) is 0 Å². The van der Waals surface area contributed by atoms with Crippen LogP contribution >= 0.6 is 11.3 Å². The standard InChI is InChI=1S/C14H21N3O2S/c1-10-6-11(7-15)8-17(10)13(18)9-16(2)14(19)12-4-3-5-20-12/h3-5,10-11H,6-9,15H2,1-2H3. The fourth-order valence-corrected chi connectivity index (χ4v) is 3.33. The number of carbonyl (C=O) groups excluding carboxylic acids is 2. The Labute approximate surface area is 123 Å². The molecule has 2 amide bonds. The molecule has 2 N–H and O–H groups in total. The van der Waals surface area contributed by atoms with Crippen molar-refractivity contribution in [2.24, 2.45) is 11.7 Å². The maximum Gasteiger partial charge on any atom is 0.264 e. The van der Waals surface area contributed by atoms with E-state index in [1.165, 1.54) is 16.2 Å². The van der Waals surface area contributed by atoms with Gasteiger partial charge in [0.05, 0.1) is 11.4 Å². The fourth-order valence-electron chi connectivity index (χ4n) is 2.61. The van der Waals surface area contributed by atoms with Crippen LogP contribution in [0.5, 0.6) is 0 Å². The number of rotatable bonds is 4. The van der Waals surface area contributed by atoms with Gasteiger partial charge in [0.2, 0.25) is 5.91 Å². The lowest BCUT2D eigenvalue weighted by Crippen LogP contribution is -2.42. The summed E-state index contributed by atoms with van der Waals surface area (Å²) in [7, 11) is 1.67. The monoisotopic (exact) mass is 295 g/mol. The molecule has 2 atom stereocenters. The van der Waals surface area contributed by atoms with Crippen molar-refractivity contribution >= 4 is 23.2 Å². The average molecular weight is 295 g/mol. The van der Waals surface area contributed by atoms with Crippen molar-refractivity contribution in [1.82, 2.24) is 9.80 Å². The first-order valence-electron chi connectivity index (χ1n) is 6.81. The van der Waals surface area contributed by atoms with Crippen molar-refractivity contribution in [3.63, 3.8) is 0 Å². The molecule has 1 aliphatic rings. The van der Waals surface area contributed by atoms with Crippen LogP contribution in [0.2, 0.25) is 0 Å². The van der Waals surface area contributed by atoms with E-state index in [4.69, 9.17) is 5.73 Å². The van der Waals surface area contributed by atoms with E-state index in [-0.39, 0.29) is 24.4 Å². The molecule has 5 nitrogen and oxygen atoms in total. The largest absolute Gasteiger partial charge is 0.338 e. The number of likely N-dealkylation sites (N-methyl/N-ethyl adjacent to an activating group) is 1. The average Bonchev–Trinajstić information content (AvgIpc) is 3.06. The predicted octanol–water partition coefficient (Wildman–Crippen LogP) is 1.02. The number of nitrogens with zero attached hydrogens (tertiary/aromatic N) is 2. The fraction of sp³-hybridized carbons (Fsp3) is 0.571. The van der Waals surface area contributed by atoms with E-state index < -0.39 is 0 Å². The number of hydrogen-bond acceptors (Lipinski definition) is 4. The Balaban J connectivity index is 1.93. The summed E-state index contributed by atoms with van der Waals surface area (Å²) in [5.41, 5.74) is 5.67. The number of likely N-dealkylation sites (tertiary alicyclic amines) is 1. The highest BCUT2D eigenvalue weighted by atomic mass is 32.1. The summed E-state index contributed by atoms with van der Waals surface area (Å²) in [6, 6.07) is 3.82. The van der Waals surface area contributed by atoms with Crippen molar-refractivity contribution in [2.45, 2.75) is 19.4 Å². The molecule has 1 aromatic rings. The lowest BCUT2D eigenvalue weighted by Gasteiger charge is -2.24. The second-order valence-electron chi connectivity index (χ2n) is 5.37. The molecular weight excluding hydrogens is 274 g/mol. The lowest BCUT2D eigenvalue weighted by molar-refractivity contribution is -0.132. The Bertz CT molecular complexity index is 475. The highest BCUT2D eigenvalue weighted by Crippen LogP contribution is 2.22. The molecule has 0 aliphatic carbocycles. The second-order valence-corrected chi connectivity index (χ2v) is 6.32. The van der Waals surface area contributed by atoms with Gasteiger partial charge in [-0.2, -0.15) is 0 Å². The first kappa shape index (κ1) is 15.0. The predicted molar refractivity (Wildman–Crippen MR) is 79.6 cm³/mol. The van der Waals surface area contributed by atoms with E-state index in [1.54, 1.807) is 13.1 Å². The number of thiophene rings is 1. The zero-order valence-corrected chi connectivity index (χ0v) is 12.7. The third-order valence-corrected chi connectivity index (χ3v) is 4.62. The van der Waals surface area contributed by atoms with Crippen LogP contribution in [0, 0.1) is 5.92 Å². The Hall–Kier alpha value is -1.40. The van der Waals surface area contributed by atoms with Crippen LogP contribution in [0.25, 0.3) is 0 Å². The topological polar surface area (TPSA) is 66.6 Å². The molecular formula is C14H21N3O2S. The van der Waals surface area contributed by atoms with Gasteiger partial charge >= 0.3 is 0 Å². The molecule has 6 heteroatoms. The summed E-state index contributed by atoms with van der Waals surface area (Å²) >= 11 is 1.39. The Morgan fingerprint density at radius 1 is 1.55 bits per heavy atom. The third-order valence-electron chi connectivity index (χ3n) is 3.77. The minimum atomic E-state index is -0.101. The summed E-state index contributed by atoms with van der Waals surface area (Å²) in [5, 5.41) is 1.86. The zero-order chi connectivity index (χ0) is 14.7. The summed E-state index contributed by atoms with van der Waals surface area (Å²) in [6.07, 6.45) is 0.949. The molecule has 1 aromatic heterocycles. The quantitative estimate of drug-likeness (QED) is 0.901. The van der Waals surface area contributed by atoms with Gasteiger partial charge in [0, 0.05) is 19.6 Å². The summed E-state index contributed by atoms with van der Waals surface area (Å²) in [4.78, 5) is 28.4. The van der Waals surface area contributed by atoms with Gasteiger partial charge in [-0.05, 0) is 37.3 Å². The normalized spacial score (nSPS) is 22.1. The van der Waals surface area contributed by atoms with Crippen molar-refractivity contribution in [1.29, 1.82) is 0 Å². The molecule has 1 saturated heterocycles. The first-order valence-corrected chi connectivity index (χ1v) is 7.69. The van der Waals surface area contributed by atoms with E-state index in [0.29, 0.717) is 23.9 Å². The zero-order valence-electron chi connectivity index (χ0n) is 11.9. The van der Waals surface area contributed by atoms with Crippen molar-refractivity contribution < 1.29 is 9.59 Å². The summed E-state index contributed by atoms with van der Waals surface area (Å²) in [6.45, 7) is 3.47. The number of nitrogens with two attached hydrogens (primary N) is 1. The molecule has 20 heavy (non-hydrogen) atoms. The molecule has 1 fully saturated rings. The number of amides is 2. The molecule has 2 heterocycles. The van der Waals surface area contributed by atoms with E-state index in [1.807, 2.05) is 23.3 Å². The SMILES string of the molecule is CC1CC(CN)CN1C(=O)CN(C)C(=O)c1cccs1. The maximum absolute atomic E-state index is 12.3. The number of carbonyl (C=O) groups is 2. The molecule has 2 rings (SSSR count). The van der Waals surface area contributed by atoms with E-state index in [0.717, 1.165) is 6.42 Å². The van der Waals surface area contributed by atoms with Gasteiger partial charge in [-0.1, -0.05) is 6.07 Å². The van der Waals surface area contributed by atoms with E-state index in [9.17, 15) is 9.59 Å². The second kappa shape index (κ2) is 6.37. The van der Waals surface area contributed by atoms with Crippen molar-refractivity contribution in [3.05, 3.63) is 22.4 Å². The Morgan fingerprint density at radius 2 is 2.30 bits per heavy atom. The van der Waals surface area contributed by atoms with Crippen LogP contribution < -0.4 is 5.73 Å². The molecule has 2 unspecified atom stereocenters. The van der Waals surface area contributed by atoms with Gasteiger partial charge in [0.1, 0.15) is 0 Å². The highest BCUT2D eigenvalue weighted by molar-refractivity contribution is 7.12. The third kappa shape index (κ3) is 3.19. The van der Waals surface area contributed by atoms with E-state index >= 15 is 0 Å². The highest BCUT2D eigenvalue weighted by Gasteiger charge is 2.32. The van der Waals surface area contributed by atoms with Crippen LogP contribution in [-0.4, -0.2) is 54.3 Å². The van der Waals surface area contributed by atoms with Crippen LogP contribution in [-0.2, 0) is 4.79 Å². The maximum atomic E-state index is 12.3. The molecule has 0 saturated carbocycles. The van der Waals surface area contributed by atoms with E-state index in [2.05, 4.69) is 0 Å². The van der Waals surface area contributed by atoms with Gasteiger partial charge < -0.3 is 15.5 Å². The van der Waals surface area contributed by atoms with Gasteiger partial charge in [-0.3, -0.25) is 9.59 Å². The first-order chi connectivity index (χ1) is 9.52. The van der Waals surface area contributed by atoms with Crippen molar-refractivity contribution in [2.75, 3.05) is 26.7 Å². The lowest BCUT2D eigenvalue weighted by atomic mass is 10.1. The van der Waals surface area contributed by atoms with Crippen LogP contribution in [0.1, 0.15) is 23.0 Å². The Kier molecular flexibility index (Phi) is 4.77. The van der Waals surface area contributed by atoms with Crippen molar-refractivity contribution in [3.8, 4) is 0 Å². The van der Waals surface area contributed by atoms with Gasteiger partial charge in [-0.25, -0.2) is 0 Å². The summed E-state index contributed by atoms with van der Waals surface area (Å²) in [5.74, 6) is 0.281. The minimum Gasteiger partial charge on any atom is -0.338 e. The number of hydrogen-bond donors (Lipinski definition) is 1. The molecule has 0 spiro atoms. The smallest absolute Gasteiger partial charge is 0.264 e.